The third kappa shape index (κ3) is 4.41. The van der Waals surface area contributed by atoms with Gasteiger partial charge in [-0.1, -0.05) is 30.3 Å². The molecular formula is C27H24FN7O2. The lowest BCUT2D eigenvalue weighted by molar-refractivity contribution is -0.0190. The summed E-state index contributed by atoms with van der Waals surface area (Å²) in [5.41, 5.74) is 8.68. The number of nitrogen functional groups attached to an aromatic ring is 1. The fraction of sp³-hybridized carbons (Fsp3) is 0.222. The molecule has 4 aromatic rings. The summed E-state index contributed by atoms with van der Waals surface area (Å²) in [6.45, 7) is 2.73. The number of pyridine rings is 1. The predicted octanol–water partition coefficient (Wildman–Crippen LogP) is 3.93. The van der Waals surface area contributed by atoms with E-state index in [9.17, 15) is 14.4 Å². The van der Waals surface area contributed by atoms with E-state index < -0.39 is 11.9 Å². The van der Waals surface area contributed by atoms with Gasteiger partial charge in [-0.15, -0.1) is 0 Å². The fourth-order valence-electron chi connectivity index (χ4n) is 4.49. The summed E-state index contributed by atoms with van der Waals surface area (Å²) in [4.78, 5) is 28.5. The van der Waals surface area contributed by atoms with Crippen molar-refractivity contribution in [2.24, 2.45) is 0 Å². The molecule has 3 heterocycles. The molecule has 0 spiro atoms. The molecule has 1 aliphatic rings. The molecule has 2 aromatic heterocycles. The molecule has 186 valence electrons. The lowest BCUT2D eigenvalue weighted by Crippen LogP contribution is -2.54. The van der Waals surface area contributed by atoms with Crippen LogP contribution in [0.25, 0.3) is 22.0 Å². The van der Waals surface area contributed by atoms with E-state index >= 15 is 0 Å². The van der Waals surface area contributed by atoms with Crippen LogP contribution in [-0.2, 0) is 4.74 Å². The molecule has 0 saturated carbocycles. The highest BCUT2D eigenvalue weighted by Gasteiger charge is 2.35. The Kier molecular flexibility index (Phi) is 6.38. The van der Waals surface area contributed by atoms with Crippen LogP contribution in [0.3, 0.4) is 0 Å². The van der Waals surface area contributed by atoms with Crippen LogP contribution >= 0.6 is 0 Å². The average Bonchev–Trinajstić information content (AvgIpc) is 2.87. The number of fused-ring (bicyclic) bond motifs is 1. The molecule has 10 heteroatoms. The number of benzene rings is 2. The maximum absolute atomic E-state index is 14.5. The molecule has 1 unspecified atom stereocenters. The number of amides is 1. The standard InChI is InChI=1S/C27H24FN7O2/c1-15(33-26-20(11-29)25(30)31-14-32-26)24-22(16-6-4-3-5-7-16)23(27(36)35-12-18(13-35)37-2)19-10-17(28)8-9-21(19)34-24/h3-10,14-15,18H,12-13H2,1-2H3,(H3,30,31,32,33). The molecule has 37 heavy (non-hydrogen) atoms. The number of nitrogens with one attached hydrogen (secondary N) is 1. The van der Waals surface area contributed by atoms with Crippen LogP contribution in [0.2, 0.25) is 0 Å². The first-order chi connectivity index (χ1) is 17.9. The first-order valence-electron chi connectivity index (χ1n) is 11.7. The van der Waals surface area contributed by atoms with Crippen molar-refractivity contribution in [3.8, 4) is 17.2 Å². The van der Waals surface area contributed by atoms with Gasteiger partial charge < -0.3 is 20.7 Å². The molecule has 3 N–H and O–H groups in total. The Hall–Kier alpha value is -4.62. The van der Waals surface area contributed by atoms with E-state index in [0.717, 1.165) is 5.56 Å². The maximum Gasteiger partial charge on any atom is 0.255 e. The lowest BCUT2D eigenvalue weighted by Gasteiger charge is -2.39. The van der Waals surface area contributed by atoms with Crippen molar-refractivity contribution in [2.75, 3.05) is 31.2 Å². The van der Waals surface area contributed by atoms with Gasteiger partial charge in [-0.2, -0.15) is 5.26 Å². The molecule has 1 fully saturated rings. The van der Waals surface area contributed by atoms with E-state index in [-0.39, 0.29) is 29.2 Å². The summed E-state index contributed by atoms with van der Waals surface area (Å²) < 4.78 is 19.8. The largest absolute Gasteiger partial charge is 0.382 e. The number of ether oxygens (including phenoxy) is 1. The highest BCUT2D eigenvalue weighted by molar-refractivity contribution is 6.12. The zero-order chi connectivity index (χ0) is 26.1. The minimum absolute atomic E-state index is 0.0401. The van der Waals surface area contributed by atoms with Gasteiger partial charge in [0.2, 0.25) is 0 Å². The summed E-state index contributed by atoms with van der Waals surface area (Å²) in [5, 5.41) is 13.2. The molecule has 1 amide bonds. The van der Waals surface area contributed by atoms with Crippen LogP contribution in [-0.4, -0.2) is 52.1 Å². The molecule has 0 bridgehead atoms. The van der Waals surface area contributed by atoms with E-state index in [1.165, 1.54) is 18.5 Å². The topological polar surface area (TPSA) is 130 Å². The van der Waals surface area contributed by atoms with E-state index in [1.807, 2.05) is 43.3 Å². The van der Waals surface area contributed by atoms with Gasteiger partial charge in [0.1, 0.15) is 35.4 Å². The molecule has 0 aliphatic carbocycles. The Labute approximate surface area is 212 Å². The van der Waals surface area contributed by atoms with Crippen molar-refractivity contribution >= 4 is 28.4 Å². The monoisotopic (exact) mass is 497 g/mol. The normalized spacial score (nSPS) is 14.2. The van der Waals surface area contributed by atoms with Crippen LogP contribution < -0.4 is 11.1 Å². The maximum atomic E-state index is 14.5. The Balaban J connectivity index is 1.73. The zero-order valence-corrected chi connectivity index (χ0v) is 20.3. The number of carbonyl (C=O) groups is 1. The number of methoxy groups -OCH3 is 1. The van der Waals surface area contributed by atoms with E-state index in [1.54, 1.807) is 18.1 Å². The van der Waals surface area contributed by atoms with Gasteiger partial charge in [-0.25, -0.2) is 19.3 Å². The summed E-state index contributed by atoms with van der Waals surface area (Å²) in [6, 6.07) is 15.1. The summed E-state index contributed by atoms with van der Waals surface area (Å²) in [6.07, 6.45) is 1.23. The van der Waals surface area contributed by atoms with Crippen LogP contribution in [0.15, 0.2) is 54.9 Å². The van der Waals surface area contributed by atoms with Crippen molar-refractivity contribution in [3.63, 3.8) is 0 Å². The lowest BCUT2D eigenvalue weighted by atomic mass is 9.90. The molecule has 0 radical (unpaired) electrons. The number of likely N-dealkylation sites (tertiary alicyclic amines) is 1. The van der Waals surface area contributed by atoms with Crippen molar-refractivity contribution in [2.45, 2.75) is 19.1 Å². The number of nitrogens with zero attached hydrogens (tertiary/aromatic N) is 5. The highest BCUT2D eigenvalue weighted by atomic mass is 19.1. The number of carbonyl (C=O) groups excluding carboxylic acids is 1. The van der Waals surface area contributed by atoms with Crippen molar-refractivity contribution in [1.82, 2.24) is 19.9 Å². The first-order valence-corrected chi connectivity index (χ1v) is 11.7. The quantitative estimate of drug-likeness (QED) is 0.410. The second-order valence-electron chi connectivity index (χ2n) is 8.80. The number of hydrogen-bond donors (Lipinski definition) is 2. The van der Waals surface area contributed by atoms with E-state index in [4.69, 9.17) is 15.5 Å². The zero-order valence-electron chi connectivity index (χ0n) is 20.3. The number of rotatable bonds is 6. The number of anilines is 2. The Morgan fingerprint density at radius 2 is 2.00 bits per heavy atom. The minimum atomic E-state index is -0.513. The number of aromatic nitrogens is 3. The summed E-state index contributed by atoms with van der Waals surface area (Å²) in [7, 11) is 1.61. The SMILES string of the molecule is COC1CN(C(=O)c2c(-c3ccccc3)c(C(C)Nc3ncnc(N)c3C#N)nc3ccc(F)cc23)C1. The van der Waals surface area contributed by atoms with Gasteiger partial charge in [0.15, 0.2) is 0 Å². The van der Waals surface area contributed by atoms with Crippen LogP contribution in [0.4, 0.5) is 16.0 Å². The number of hydrogen-bond acceptors (Lipinski definition) is 8. The summed E-state index contributed by atoms with van der Waals surface area (Å²) in [5.74, 6) is -0.391. The van der Waals surface area contributed by atoms with Gasteiger partial charge in [0.25, 0.3) is 5.91 Å². The van der Waals surface area contributed by atoms with Gasteiger partial charge in [0, 0.05) is 31.1 Å². The van der Waals surface area contributed by atoms with Crippen molar-refractivity contribution < 1.29 is 13.9 Å². The third-order valence-corrected chi connectivity index (χ3v) is 6.47. The number of nitriles is 1. The second-order valence-corrected chi connectivity index (χ2v) is 8.80. The number of nitrogens with two attached hydrogens (primary N) is 1. The molecule has 1 saturated heterocycles. The summed E-state index contributed by atoms with van der Waals surface area (Å²) >= 11 is 0. The van der Waals surface area contributed by atoms with Crippen LogP contribution in [0.5, 0.6) is 0 Å². The van der Waals surface area contributed by atoms with E-state index in [0.29, 0.717) is 40.8 Å². The fourth-order valence-corrected chi connectivity index (χ4v) is 4.49. The Morgan fingerprint density at radius 3 is 2.70 bits per heavy atom. The molecule has 1 aliphatic heterocycles. The highest BCUT2D eigenvalue weighted by Crippen LogP contribution is 2.38. The van der Waals surface area contributed by atoms with Gasteiger partial charge in [-0.05, 0) is 30.7 Å². The number of halogens is 1. The molecule has 2 aromatic carbocycles. The third-order valence-electron chi connectivity index (χ3n) is 6.47. The van der Waals surface area contributed by atoms with Gasteiger partial charge >= 0.3 is 0 Å². The first kappa shape index (κ1) is 24.1. The molecule has 5 rings (SSSR count). The molecular weight excluding hydrogens is 473 g/mol. The van der Waals surface area contributed by atoms with Gasteiger partial charge in [-0.3, -0.25) is 4.79 Å². The van der Waals surface area contributed by atoms with Gasteiger partial charge in [0.05, 0.1) is 28.9 Å². The van der Waals surface area contributed by atoms with E-state index in [2.05, 4.69) is 15.3 Å². The predicted molar refractivity (Wildman–Crippen MR) is 137 cm³/mol. The second kappa shape index (κ2) is 9.79. The molecule has 9 nitrogen and oxygen atoms in total. The van der Waals surface area contributed by atoms with Crippen molar-refractivity contribution in [3.05, 3.63) is 77.5 Å². The van der Waals surface area contributed by atoms with Crippen molar-refractivity contribution in [1.29, 1.82) is 5.26 Å². The minimum Gasteiger partial charge on any atom is -0.382 e. The average molecular weight is 498 g/mol. The van der Waals surface area contributed by atoms with Crippen LogP contribution in [0.1, 0.15) is 34.6 Å². The Bertz CT molecular complexity index is 1530. The molecule has 1 atom stereocenters. The Morgan fingerprint density at radius 1 is 1.24 bits per heavy atom. The smallest absolute Gasteiger partial charge is 0.255 e. The van der Waals surface area contributed by atoms with Crippen LogP contribution in [0, 0.1) is 17.1 Å².